The molecule has 3 heterocycles. The van der Waals surface area contributed by atoms with Gasteiger partial charge in [0.05, 0.1) is 18.3 Å². The van der Waals surface area contributed by atoms with Crippen molar-refractivity contribution in [2.24, 2.45) is 0 Å². The van der Waals surface area contributed by atoms with Gasteiger partial charge in [-0.15, -0.1) is 10.2 Å². The van der Waals surface area contributed by atoms with Gasteiger partial charge in [-0.1, -0.05) is 6.07 Å². The molecule has 0 bridgehead atoms. The molecule has 1 amide bonds. The van der Waals surface area contributed by atoms with Gasteiger partial charge in [0.2, 0.25) is 5.91 Å². The normalized spacial score (nSPS) is 22.2. The third-order valence-electron chi connectivity index (χ3n) is 6.02. The van der Waals surface area contributed by atoms with E-state index in [4.69, 9.17) is 0 Å². The predicted molar refractivity (Wildman–Crippen MR) is 107 cm³/mol. The fraction of sp³-hybridized carbons (Fsp3) is 0.526. The molecule has 1 saturated carbocycles. The van der Waals surface area contributed by atoms with Gasteiger partial charge in [0.1, 0.15) is 11.9 Å². The maximum absolute atomic E-state index is 12.4. The molecule has 2 fully saturated rings. The van der Waals surface area contributed by atoms with Crippen molar-refractivity contribution in [2.45, 2.75) is 50.6 Å². The van der Waals surface area contributed by atoms with E-state index in [0.717, 1.165) is 48.4 Å². The Balaban J connectivity index is 1.59. The van der Waals surface area contributed by atoms with E-state index in [9.17, 15) is 4.79 Å². The second kappa shape index (κ2) is 7.15. The zero-order chi connectivity index (χ0) is 20.7. The number of anilines is 1. The molecular formula is C19H24N10O. The summed E-state index contributed by atoms with van der Waals surface area (Å²) in [6.07, 6.45) is 5.78. The lowest BCUT2D eigenvalue weighted by Crippen LogP contribution is -2.47. The van der Waals surface area contributed by atoms with Crippen LogP contribution in [0.5, 0.6) is 0 Å². The molecule has 0 radical (unpaired) electrons. The van der Waals surface area contributed by atoms with E-state index in [1.165, 1.54) is 0 Å². The van der Waals surface area contributed by atoms with Crippen LogP contribution in [0.2, 0.25) is 0 Å². The summed E-state index contributed by atoms with van der Waals surface area (Å²) in [4.78, 5) is 14.2. The van der Waals surface area contributed by atoms with Crippen LogP contribution in [0.4, 0.5) is 5.69 Å². The van der Waals surface area contributed by atoms with Gasteiger partial charge in [-0.05, 0) is 71.2 Å². The van der Waals surface area contributed by atoms with Crippen molar-refractivity contribution in [1.82, 2.24) is 45.3 Å². The Labute approximate surface area is 173 Å². The Kier molecular flexibility index (Phi) is 4.44. The third kappa shape index (κ3) is 3.19. The van der Waals surface area contributed by atoms with Crippen LogP contribution >= 0.6 is 0 Å². The van der Waals surface area contributed by atoms with Gasteiger partial charge in [-0.25, -0.2) is 9.36 Å². The molecule has 2 aliphatic rings. The average molecular weight is 408 g/mol. The van der Waals surface area contributed by atoms with Crippen molar-refractivity contribution in [2.75, 3.05) is 18.9 Å². The molecule has 0 spiro atoms. The van der Waals surface area contributed by atoms with Crippen LogP contribution < -0.4 is 5.32 Å². The number of hydrogen-bond acceptors (Lipinski definition) is 8. The van der Waals surface area contributed by atoms with E-state index in [0.29, 0.717) is 19.0 Å². The van der Waals surface area contributed by atoms with Crippen molar-refractivity contribution in [3.05, 3.63) is 35.9 Å². The van der Waals surface area contributed by atoms with Gasteiger partial charge in [-0.2, -0.15) is 0 Å². The van der Waals surface area contributed by atoms with E-state index in [1.54, 1.807) is 15.9 Å². The molecule has 1 unspecified atom stereocenters. The van der Waals surface area contributed by atoms with Gasteiger partial charge >= 0.3 is 0 Å². The van der Waals surface area contributed by atoms with Crippen LogP contribution in [0.25, 0.3) is 5.69 Å². The molecule has 1 aromatic carbocycles. The maximum atomic E-state index is 12.4. The highest BCUT2D eigenvalue weighted by atomic mass is 16.2. The minimum absolute atomic E-state index is 0.142. The lowest BCUT2D eigenvalue weighted by Gasteiger charge is -2.36. The predicted octanol–water partition coefficient (Wildman–Crippen LogP) is 1.24. The second-order valence-corrected chi connectivity index (χ2v) is 8.19. The number of hydrogen-bond donors (Lipinski definition) is 1. The Bertz CT molecular complexity index is 1060. The van der Waals surface area contributed by atoms with E-state index in [-0.39, 0.29) is 5.91 Å². The number of nitrogens with one attached hydrogen (secondary N) is 1. The Morgan fingerprint density at radius 1 is 1.20 bits per heavy atom. The number of aromatic nitrogens is 8. The smallest absolute Gasteiger partial charge is 0.222 e. The first kappa shape index (κ1) is 18.6. The number of rotatable bonds is 5. The summed E-state index contributed by atoms with van der Waals surface area (Å²) in [5.41, 5.74) is 2.25. The first-order chi connectivity index (χ1) is 14.6. The van der Waals surface area contributed by atoms with Crippen LogP contribution in [0.1, 0.15) is 49.5 Å². The van der Waals surface area contributed by atoms with Crippen molar-refractivity contribution in [1.29, 1.82) is 0 Å². The fourth-order valence-corrected chi connectivity index (χ4v) is 4.26. The minimum atomic E-state index is -0.586. The summed E-state index contributed by atoms with van der Waals surface area (Å²) in [5, 5.41) is 28.0. The molecule has 30 heavy (non-hydrogen) atoms. The highest BCUT2D eigenvalue weighted by Gasteiger charge is 2.44. The van der Waals surface area contributed by atoms with E-state index in [2.05, 4.69) is 36.4 Å². The van der Waals surface area contributed by atoms with Gasteiger partial charge in [0.15, 0.2) is 5.82 Å². The van der Waals surface area contributed by atoms with Gasteiger partial charge in [0.25, 0.3) is 0 Å². The highest BCUT2D eigenvalue weighted by Crippen LogP contribution is 2.40. The van der Waals surface area contributed by atoms with Gasteiger partial charge in [-0.3, -0.25) is 4.79 Å². The lowest BCUT2D eigenvalue weighted by atomic mass is 9.91. The quantitative estimate of drug-likeness (QED) is 0.670. The number of likely N-dealkylation sites (N-methyl/N-ethyl adjacent to an activating group) is 1. The van der Waals surface area contributed by atoms with Crippen LogP contribution in [-0.2, 0) is 10.3 Å². The lowest BCUT2D eigenvalue weighted by molar-refractivity contribution is -0.129. The van der Waals surface area contributed by atoms with Crippen molar-refractivity contribution < 1.29 is 4.79 Å². The molecule has 156 valence electrons. The zero-order valence-electron chi connectivity index (χ0n) is 17.1. The van der Waals surface area contributed by atoms with Crippen LogP contribution in [0, 0.1) is 6.92 Å². The van der Waals surface area contributed by atoms with E-state index in [1.807, 2.05) is 36.9 Å². The van der Waals surface area contributed by atoms with E-state index >= 15 is 0 Å². The highest BCUT2D eigenvalue weighted by molar-refractivity contribution is 5.76. The first-order valence-electron chi connectivity index (χ1n) is 10.2. The molecule has 11 heteroatoms. The SMILES string of the molecule is Cc1c(NC2(c3nnnn3C3CC3)CCCC(=O)N(C)C2)cccc1-n1cnnn1. The standard InChI is InChI=1S/C19H24N10O/c1-13-15(5-3-6-16(13)28-12-20-23-25-28)21-19(10-4-7-17(30)27(2)11-19)18-22-24-26-29(18)14-8-9-14/h3,5-6,12,14,21H,4,7-11H2,1-2H3. The zero-order valence-corrected chi connectivity index (χ0v) is 17.1. The Morgan fingerprint density at radius 2 is 2.07 bits per heavy atom. The minimum Gasteiger partial charge on any atom is -0.371 e. The van der Waals surface area contributed by atoms with E-state index < -0.39 is 5.54 Å². The van der Waals surface area contributed by atoms with Crippen LogP contribution in [0.3, 0.4) is 0 Å². The number of amides is 1. The first-order valence-corrected chi connectivity index (χ1v) is 10.2. The largest absolute Gasteiger partial charge is 0.371 e. The summed E-state index contributed by atoms with van der Waals surface area (Å²) < 4.78 is 3.58. The Morgan fingerprint density at radius 3 is 2.83 bits per heavy atom. The molecule has 3 aromatic rings. The molecule has 1 N–H and O–H groups in total. The summed E-state index contributed by atoms with van der Waals surface area (Å²) in [6, 6.07) is 6.31. The molecule has 1 saturated heterocycles. The van der Waals surface area contributed by atoms with Crippen molar-refractivity contribution in [3.8, 4) is 5.69 Å². The molecular weight excluding hydrogens is 384 g/mol. The van der Waals surface area contributed by atoms with Gasteiger partial charge < -0.3 is 10.2 Å². The Hall–Kier alpha value is -3.37. The van der Waals surface area contributed by atoms with Crippen LogP contribution in [0.15, 0.2) is 24.5 Å². The van der Waals surface area contributed by atoms with Crippen molar-refractivity contribution >= 4 is 11.6 Å². The number of likely N-dealkylation sites (tertiary alicyclic amines) is 1. The summed E-state index contributed by atoms with van der Waals surface area (Å²) in [6.45, 7) is 2.52. The third-order valence-corrected chi connectivity index (χ3v) is 6.02. The summed E-state index contributed by atoms with van der Waals surface area (Å²) >= 11 is 0. The number of carbonyl (C=O) groups is 1. The van der Waals surface area contributed by atoms with Crippen LogP contribution in [-0.4, -0.2) is 64.8 Å². The van der Waals surface area contributed by atoms with Gasteiger partial charge in [0, 0.05) is 19.2 Å². The summed E-state index contributed by atoms with van der Waals surface area (Å²) in [5.74, 6) is 0.932. The number of benzene rings is 1. The fourth-order valence-electron chi connectivity index (χ4n) is 4.26. The molecule has 1 aliphatic carbocycles. The molecule has 11 nitrogen and oxygen atoms in total. The monoisotopic (exact) mass is 408 g/mol. The van der Waals surface area contributed by atoms with Crippen molar-refractivity contribution in [3.63, 3.8) is 0 Å². The second-order valence-electron chi connectivity index (χ2n) is 8.19. The molecule has 1 aliphatic heterocycles. The molecule has 5 rings (SSSR count). The maximum Gasteiger partial charge on any atom is 0.222 e. The topological polar surface area (TPSA) is 120 Å². The molecule has 2 aromatic heterocycles. The summed E-state index contributed by atoms with van der Waals surface area (Å²) in [7, 11) is 1.85. The number of tetrazole rings is 2. The number of carbonyl (C=O) groups excluding carboxylic acids is 1. The average Bonchev–Trinajstić information content (AvgIpc) is 3.25. The number of nitrogens with zero attached hydrogens (tertiary/aromatic N) is 9. The molecule has 1 atom stereocenters.